The number of Topliss-reactive ketones (excluding diaryl/α,β-unsaturated/α-hetero) is 1. The van der Waals surface area contributed by atoms with Crippen LogP contribution < -0.4 is 0 Å². The van der Waals surface area contributed by atoms with E-state index in [2.05, 4.69) is 0 Å². The van der Waals surface area contributed by atoms with E-state index in [1.54, 1.807) is 20.8 Å². The number of hydrogen-bond donors (Lipinski definition) is 2. The third-order valence-corrected chi connectivity index (χ3v) is 5.07. The van der Waals surface area contributed by atoms with Crippen LogP contribution in [-0.2, 0) is 14.3 Å². The smallest absolute Gasteiger partial charge is 0.309 e. The Balaban J connectivity index is 2.19. The molecule has 0 amide bonds. The maximum absolute atomic E-state index is 12.2. The number of esters is 1. The van der Waals surface area contributed by atoms with Crippen molar-refractivity contribution >= 4 is 11.8 Å². The van der Waals surface area contributed by atoms with Gasteiger partial charge in [0.25, 0.3) is 0 Å². The third kappa shape index (κ3) is 1.69. The molecule has 0 spiro atoms. The molecule has 1 fully saturated rings. The summed E-state index contributed by atoms with van der Waals surface area (Å²) in [5, 5.41) is 21.2. The van der Waals surface area contributed by atoms with E-state index in [1.165, 1.54) is 0 Å². The van der Waals surface area contributed by atoms with E-state index < -0.39 is 17.3 Å². The molecule has 0 aromatic heterocycles. The molecule has 1 aliphatic heterocycles. The fourth-order valence-corrected chi connectivity index (χ4v) is 3.96. The van der Waals surface area contributed by atoms with Crippen LogP contribution in [-0.4, -0.2) is 39.3 Å². The Morgan fingerprint density at radius 2 is 1.85 bits per heavy atom. The number of carbonyl (C=O) groups excluding carboxylic acids is 2. The molecule has 0 radical (unpaired) electrons. The van der Waals surface area contributed by atoms with Crippen LogP contribution in [0.5, 0.6) is 0 Å². The van der Waals surface area contributed by atoms with Crippen molar-refractivity contribution < 1.29 is 24.5 Å². The maximum atomic E-state index is 12.2. The standard InChI is InChI=1S/C15H20O5/c1-7-8-4-5-14(2,18)10-9(16)6-15(3,19)11(10)12(8)20-13(7)17/h7-8,12,18-19H,4-6H2,1-3H3/t7-,8-,12+,14-,15+/m1/s1. The zero-order chi connectivity index (χ0) is 14.9. The molecular weight excluding hydrogens is 260 g/mol. The van der Waals surface area contributed by atoms with Crippen molar-refractivity contribution in [1.82, 2.24) is 0 Å². The Morgan fingerprint density at radius 3 is 2.50 bits per heavy atom. The van der Waals surface area contributed by atoms with Gasteiger partial charge in [-0.1, -0.05) is 6.92 Å². The molecule has 0 saturated carbocycles. The quantitative estimate of drug-likeness (QED) is 0.639. The van der Waals surface area contributed by atoms with Gasteiger partial charge >= 0.3 is 5.97 Å². The molecule has 0 bridgehead atoms. The van der Waals surface area contributed by atoms with Gasteiger partial charge in [0.2, 0.25) is 0 Å². The van der Waals surface area contributed by atoms with Gasteiger partial charge in [-0.2, -0.15) is 0 Å². The number of hydrogen-bond acceptors (Lipinski definition) is 5. The summed E-state index contributed by atoms with van der Waals surface area (Å²) in [4.78, 5) is 24.0. The second-order valence-corrected chi connectivity index (χ2v) is 6.79. The van der Waals surface area contributed by atoms with E-state index in [0.29, 0.717) is 18.4 Å². The van der Waals surface area contributed by atoms with E-state index >= 15 is 0 Å². The molecule has 0 aromatic carbocycles. The second kappa shape index (κ2) is 3.92. The Bertz CT molecular complexity index is 528. The van der Waals surface area contributed by atoms with Gasteiger partial charge in [0.1, 0.15) is 6.10 Å². The van der Waals surface area contributed by atoms with E-state index in [0.717, 1.165) is 0 Å². The van der Waals surface area contributed by atoms with Crippen molar-refractivity contribution in [2.24, 2.45) is 11.8 Å². The molecule has 1 saturated heterocycles. The zero-order valence-corrected chi connectivity index (χ0v) is 12.0. The predicted molar refractivity (Wildman–Crippen MR) is 69.7 cm³/mol. The van der Waals surface area contributed by atoms with Gasteiger partial charge in [-0.05, 0) is 26.7 Å². The normalized spacial score (nSPS) is 48.0. The van der Waals surface area contributed by atoms with Gasteiger partial charge in [-0.3, -0.25) is 9.59 Å². The lowest BCUT2D eigenvalue weighted by Gasteiger charge is -2.27. The highest BCUT2D eigenvalue weighted by Crippen LogP contribution is 2.50. The molecule has 5 heteroatoms. The minimum Gasteiger partial charge on any atom is -0.457 e. The van der Waals surface area contributed by atoms with Crippen LogP contribution in [0.15, 0.2) is 11.1 Å². The average molecular weight is 280 g/mol. The molecular formula is C15H20O5. The van der Waals surface area contributed by atoms with Crippen molar-refractivity contribution in [3.05, 3.63) is 11.1 Å². The first kappa shape index (κ1) is 13.8. The van der Waals surface area contributed by atoms with Gasteiger partial charge in [-0.15, -0.1) is 0 Å². The summed E-state index contributed by atoms with van der Waals surface area (Å²) in [7, 11) is 0. The minimum atomic E-state index is -1.34. The molecule has 0 aromatic rings. The van der Waals surface area contributed by atoms with Gasteiger partial charge in [0, 0.05) is 23.5 Å². The molecule has 2 aliphatic carbocycles. The lowest BCUT2D eigenvalue weighted by molar-refractivity contribution is -0.143. The van der Waals surface area contributed by atoms with E-state index in [1.807, 2.05) is 0 Å². The molecule has 5 atom stereocenters. The highest BCUT2D eigenvalue weighted by atomic mass is 16.6. The van der Waals surface area contributed by atoms with Crippen molar-refractivity contribution in [2.75, 3.05) is 0 Å². The van der Waals surface area contributed by atoms with Crippen molar-refractivity contribution in [2.45, 2.75) is 57.3 Å². The third-order valence-electron chi connectivity index (χ3n) is 5.07. The van der Waals surface area contributed by atoms with Crippen molar-refractivity contribution in [3.63, 3.8) is 0 Å². The first-order valence-electron chi connectivity index (χ1n) is 7.09. The SMILES string of the molecule is C[C@H]1C(=O)O[C@@H]2C3=C(C(=O)C[C@]3(C)O)[C@](C)(O)CC[C@@H]21. The van der Waals surface area contributed by atoms with Crippen LogP contribution in [0.4, 0.5) is 0 Å². The number of fused-ring (bicyclic) bond motifs is 2. The predicted octanol–water partition coefficient (Wildman–Crippen LogP) is 0.729. The molecule has 5 nitrogen and oxygen atoms in total. The largest absolute Gasteiger partial charge is 0.457 e. The maximum Gasteiger partial charge on any atom is 0.309 e. The lowest BCUT2D eigenvalue weighted by atomic mass is 9.82. The highest BCUT2D eigenvalue weighted by molar-refractivity contribution is 6.02. The lowest BCUT2D eigenvalue weighted by Crippen LogP contribution is -2.34. The first-order chi connectivity index (χ1) is 9.15. The molecule has 3 aliphatic rings. The van der Waals surface area contributed by atoms with E-state index in [4.69, 9.17) is 4.74 Å². The first-order valence-corrected chi connectivity index (χ1v) is 7.09. The van der Waals surface area contributed by atoms with Gasteiger partial charge in [-0.25, -0.2) is 0 Å². The zero-order valence-electron chi connectivity index (χ0n) is 12.0. The topological polar surface area (TPSA) is 83.8 Å². The Hall–Kier alpha value is -1.20. The molecule has 110 valence electrons. The summed E-state index contributed by atoms with van der Waals surface area (Å²) >= 11 is 0. The molecule has 2 N–H and O–H groups in total. The van der Waals surface area contributed by atoms with Crippen LogP contribution in [0.25, 0.3) is 0 Å². The summed E-state index contributed by atoms with van der Waals surface area (Å²) in [5.74, 6) is -0.886. The van der Waals surface area contributed by atoms with Crippen LogP contribution in [0, 0.1) is 11.8 Å². The molecule has 3 rings (SSSR count). The van der Waals surface area contributed by atoms with Crippen LogP contribution in [0.1, 0.15) is 40.0 Å². The number of rotatable bonds is 0. The fraction of sp³-hybridized carbons (Fsp3) is 0.733. The van der Waals surface area contributed by atoms with E-state index in [-0.39, 0.29) is 35.6 Å². The fourth-order valence-electron chi connectivity index (χ4n) is 3.96. The van der Waals surface area contributed by atoms with Crippen LogP contribution in [0.3, 0.4) is 0 Å². The van der Waals surface area contributed by atoms with Gasteiger partial charge in [0.05, 0.1) is 17.1 Å². The number of carbonyl (C=O) groups is 2. The van der Waals surface area contributed by atoms with Crippen LogP contribution >= 0.6 is 0 Å². The summed E-state index contributed by atoms with van der Waals surface area (Å²) in [6, 6.07) is 0. The van der Waals surface area contributed by atoms with Gasteiger partial charge in [0.15, 0.2) is 5.78 Å². The number of ketones is 1. The minimum absolute atomic E-state index is 0.0526. The van der Waals surface area contributed by atoms with Gasteiger partial charge < -0.3 is 14.9 Å². The molecule has 20 heavy (non-hydrogen) atoms. The number of aliphatic hydroxyl groups is 2. The van der Waals surface area contributed by atoms with E-state index in [9.17, 15) is 19.8 Å². The Morgan fingerprint density at radius 1 is 1.20 bits per heavy atom. The summed E-state index contributed by atoms with van der Waals surface area (Å²) < 4.78 is 5.43. The monoisotopic (exact) mass is 280 g/mol. The molecule has 0 unspecified atom stereocenters. The highest BCUT2D eigenvalue weighted by Gasteiger charge is 2.57. The Kier molecular flexibility index (Phi) is 2.70. The van der Waals surface area contributed by atoms with Crippen LogP contribution in [0.2, 0.25) is 0 Å². The van der Waals surface area contributed by atoms with Crippen molar-refractivity contribution in [1.29, 1.82) is 0 Å². The van der Waals surface area contributed by atoms with Crippen molar-refractivity contribution in [3.8, 4) is 0 Å². The summed E-state index contributed by atoms with van der Waals surface area (Å²) in [6.45, 7) is 4.97. The summed E-state index contributed by atoms with van der Waals surface area (Å²) in [5.41, 5.74) is -1.92. The Labute approximate surface area is 117 Å². The number of ether oxygens (including phenoxy) is 1. The molecule has 1 heterocycles. The second-order valence-electron chi connectivity index (χ2n) is 6.79. The summed E-state index contributed by atoms with van der Waals surface area (Å²) in [6.07, 6.45) is 0.364. The average Bonchev–Trinajstić information content (AvgIpc) is 2.66.